The van der Waals surface area contributed by atoms with Gasteiger partial charge in [0.1, 0.15) is 6.61 Å². The van der Waals surface area contributed by atoms with Gasteiger partial charge in [-0.15, -0.1) is 0 Å². The van der Waals surface area contributed by atoms with Gasteiger partial charge in [0.25, 0.3) is 0 Å². The Balaban J connectivity index is 1.53. The van der Waals surface area contributed by atoms with E-state index in [-0.39, 0.29) is 0 Å². The molecule has 0 aliphatic rings. The minimum atomic E-state index is 0.481. The second-order valence-electron chi connectivity index (χ2n) is 6.88. The molecule has 0 bridgehead atoms. The quantitative estimate of drug-likeness (QED) is 0.358. The summed E-state index contributed by atoms with van der Waals surface area (Å²) in [6.45, 7) is 2.53. The first-order chi connectivity index (χ1) is 14.2. The van der Waals surface area contributed by atoms with Gasteiger partial charge in [-0.05, 0) is 58.7 Å². The minimum Gasteiger partial charge on any atom is -0.493 e. The topological polar surface area (TPSA) is 30.8 Å². The van der Waals surface area contributed by atoms with Crippen molar-refractivity contribution in [2.45, 2.75) is 13.5 Å². The molecule has 29 heavy (non-hydrogen) atoms. The molecule has 0 spiro atoms. The van der Waals surface area contributed by atoms with Crippen molar-refractivity contribution in [2.24, 2.45) is 4.99 Å². The lowest BCUT2D eigenvalue weighted by Gasteiger charge is -2.12. The van der Waals surface area contributed by atoms with Gasteiger partial charge in [0, 0.05) is 6.21 Å². The van der Waals surface area contributed by atoms with Crippen LogP contribution in [-0.2, 0) is 6.61 Å². The standard InChI is InChI=1S/C26H23NO2/c1-19-8-3-6-13-24(19)27-17-20-14-15-25(26(16-20)28-2)29-18-22-11-7-10-21-9-4-5-12-23(21)22/h3-17H,18H2,1-2H3. The molecule has 4 aromatic rings. The highest BCUT2D eigenvalue weighted by atomic mass is 16.5. The third-order valence-corrected chi connectivity index (χ3v) is 4.92. The molecule has 3 heteroatoms. The first kappa shape index (κ1) is 18.8. The molecule has 0 saturated heterocycles. The molecule has 0 unspecified atom stereocenters. The summed E-state index contributed by atoms with van der Waals surface area (Å²) in [6.07, 6.45) is 1.85. The second-order valence-corrected chi connectivity index (χ2v) is 6.88. The van der Waals surface area contributed by atoms with Crippen LogP contribution >= 0.6 is 0 Å². The van der Waals surface area contributed by atoms with Gasteiger partial charge in [-0.2, -0.15) is 0 Å². The van der Waals surface area contributed by atoms with Gasteiger partial charge in [-0.1, -0.05) is 60.7 Å². The molecule has 0 N–H and O–H groups in total. The Morgan fingerprint density at radius 1 is 0.828 bits per heavy atom. The third-order valence-electron chi connectivity index (χ3n) is 4.92. The zero-order valence-electron chi connectivity index (χ0n) is 16.6. The Bertz CT molecular complexity index is 1160. The van der Waals surface area contributed by atoms with E-state index >= 15 is 0 Å². The van der Waals surface area contributed by atoms with E-state index in [0.29, 0.717) is 18.1 Å². The van der Waals surface area contributed by atoms with Crippen LogP contribution in [0.3, 0.4) is 0 Å². The van der Waals surface area contributed by atoms with Gasteiger partial charge in [0.05, 0.1) is 12.8 Å². The summed E-state index contributed by atoms with van der Waals surface area (Å²) in [5.74, 6) is 1.41. The minimum absolute atomic E-state index is 0.481. The van der Waals surface area contributed by atoms with Crippen molar-refractivity contribution in [2.75, 3.05) is 7.11 Å². The monoisotopic (exact) mass is 381 g/mol. The highest BCUT2D eigenvalue weighted by Gasteiger charge is 2.07. The van der Waals surface area contributed by atoms with Gasteiger partial charge in [-0.3, -0.25) is 4.99 Å². The Morgan fingerprint density at radius 2 is 1.62 bits per heavy atom. The Labute approximate surface area is 171 Å². The van der Waals surface area contributed by atoms with Crippen molar-refractivity contribution in [3.8, 4) is 11.5 Å². The van der Waals surface area contributed by atoms with Crippen molar-refractivity contribution in [1.82, 2.24) is 0 Å². The summed E-state index contributed by atoms with van der Waals surface area (Å²) >= 11 is 0. The maximum atomic E-state index is 6.09. The maximum Gasteiger partial charge on any atom is 0.161 e. The molecule has 0 saturated carbocycles. The summed E-state index contributed by atoms with van der Waals surface area (Å²) in [5.41, 5.74) is 4.21. The molecular formula is C26H23NO2. The van der Waals surface area contributed by atoms with E-state index in [1.807, 2.05) is 48.7 Å². The Morgan fingerprint density at radius 3 is 2.48 bits per heavy atom. The molecule has 4 rings (SSSR count). The van der Waals surface area contributed by atoms with E-state index in [2.05, 4.69) is 54.4 Å². The van der Waals surface area contributed by atoms with Crippen LogP contribution in [0.4, 0.5) is 5.69 Å². The number of para-hydroxylation sites is 1. The zero-order valence-corrected chi connectivity index (χ0v) is 16.6. The number of benzene rings is 4. The largest absolute Gasteiger partial charge is 0.493 e. The number of aryl methyl sites for hydroxylation is 1. The first-order valence-electron chi connectivity index (χ1n) is 9.62. The zero-order chi connectivity index (χ0) is 20.1. The van der Waals surface area contributed by atoms with E-state index in [1.165, 1.54) is 10.8 Å². The first-order valence-corrected chi connectivity index (χ1v) is 9.62. The van der Waals surface area contributed by atoms with E-state index in [1.54, 1.807) is 7.11 Å². The number of methoxy groups -OCH3 is 1. The number of nitrogens with zero attached hydrogens (tertiary/aromatic N) is 1. The van der Waals surface area contributed by atoms with E-state index < -0.39 is 0 Å². The maximum absolute atomic E-state index is 6.09. The van der Waals surface area contributed by atoms with Gasteiger partial charge in [-0.25, -0.2) is 0 Å². The van der Waals surface area contributed by atoms with Crippen molar-refractivity contribution in [1.29, 1.82) is 0 Å². The lowest BCUT2D eigenvalue weighted by atomic mass is 10.1. The van der Waals surface area contributed by atoms with Crippen LogP contribution < -0.4 is 9.47 Å². The van der Waals surface area contributed by atoms with E-state index in [0.717, 1.165) is 22.4 Å². The van der Waals surface area contributed by atoms with Crippen molar-refractivity contribution < 1.29 is 9.47 Å². The molecule has 0 aliphatic carbocycles. The molecule has 0 amide bonds. The van der Waals surface area contributed by atoms with Crippen LogP contribution in [0.5, 0.6) is 11.5 Å². The number of ether oxygens (including phenoxy) is 2. The predicted molar refractivity (Wildman–Crippen MR) is 120 cm³/mol. The predicted octanol–water partition coefficient (Wildman–Crippen LogP) is 6.49. The fourth-order valence-electron chi connectivity index (χ4n) is 3.31. The summed E-state index contributed by atoms with van der Waals surface area (Å²) in [7, 11) is 1.66. The van der Waals surface area contributed by atoms with Crippen LogP contribution in [0.25, 0.3) is 10.8 Å². The van der Waals surface area contributed by atoms with E-state index in [4.69, 9.17) is 9.47 Å². The molecule has 0 fully saturated rings. The molecule has 4 aromatic carbocycles. The summed E-state index contributed by atoms with van der Waals surface area (Å²) in [4.78, 5) is 4.59. The molecule has 3 nitrogen and oxygen atoms in total. The number of hydrogen-bond acceptors (Lipinski definition) is 3. The van der Waals surface area contributed by atoms with Gasteiger partial charge in [0.2, 0.25) is 0 Å². The molecule has 0 aliphatic heterocycles. The number of rotatable bonds is 6. The normalized spacial score (nSPS) is 11.1. The number of hydrogen-bond donors (Lipinski definition) is 0. The van der Waals surface area contributed by atoms with Crippen LogP contribution in [-0.4, -0.2) is 13.3 Å². The highest BCUT2D eigenvalue weighted by molar-refractivity contribution is 5.85. The number of fused-ring (bicyclic) bond motifs is 1. The Kier molecular flexibility index (Phi) is 5.57. The lowest BCUT2D eigenvalue weighted by Crippen LogP contribution is -1.99. The van der Waals surface area contributed by atoms with Crippen molar-refractivity contribution in [3.05, 3.63) is 102 Å². The van der Waals surface area contributed by atoms with Crippen LogP contribution in [0, 0.1) is 6.92 Å². The average molecular weight is 381 g/mol. The summed E-state index contributed by atoms with van der Waals surface area (Å²) in [6, 6.07) is 28.5. The molecule has 0 atom stereocenters. The van der Waals surface area contributed by atoms with E-state index in [9.17, 15) is 0 Å². The van der Waals surface area contributed by atoms with Crippen LogP contribution in [0.2, 0.25) is 0 Å². The van der Waals surface area contributed by atoms with Gasteiger partial charge < -0.3 is 9.47 Å². The van der Waals surface area contributed by atoms with Crippen LogP contribution in [0.1, 0.15) is 16.7 Å². The molecule has 0 heterocycles. The fraction of sp³-hybridized carbons (Fsp3) is 0.115. The van der Waals surface area contributed by atoms with Crippen molar-refractivity contribution in [3.63, 3.8) is 0 Å². The third kappa shape index (κ3) is 4.30. The van der Waals surface area contributed by atoms with Gasteiger partial charge >= 0.3 is 0 Å². The van der Waals surface area contributed by atoms with Gasteiger partial charge in [0.15, 0.2) is 11.5 Å². The van der Waals surface area contributed by atoms with Crippen LogP contribution in [0.15, 0.2) is 89.9 Å². The molecule has 0 radical (unpaired) electrons. The lowest BCUT2D eigenvalue weighted by molar-refractivity contribution is 0.285. The second kappa shape index (κ2) is 8.61. The SMILES string of the molecule is COc1cc(C=Nc2ccccc2C)ccc1OCc1cccc2ccccc12. The average Bonchev–Trinajstić information content (AvgIpc) is 2.77. The molecule has 144 valence electrons. The highest BCUT2D eigenvalue weighted by Crippen LogP contribution is 2.29. The fourth-order valence-corrected chi connectivity index (χ4v) is 3.31. The Hall–Kier alpha value is -3.59. The molecule has 0 aromatic heterocycles. The smallest absolute Gasteiger partial charge is 0.161 e. The number of aliphatic imine (C=N–C) groups is 1. The summed E-state index contributed by atoms with van der Waals surface area (Å²) in [5, 5.41) is 2.42. The summed E-state index contributed by atoms with van der Waals surface area (Å²) < 4.78 is 11.6. The molecular weight excluding hydrogens is 358 g/mol. The van der Waals surface area contributed by atoms with Crippen molar-refractivity contribution >= 4 is 22.7 Å².